The zero-order chi connectivity index (χ0) is 29.0. The summed E-state index contributed by atoms with van der Waals surface area (Å²) in [5, 5.41) is 27.5. The highest BCUT2D eigenvalue weighted by Gasteiger charge is 2.13. The minimum Gasteiger partial charge on any atom is -0.461 e. The van der Waals surface area contributed by atoms with Gasteiger partial charge in [0.05, 0.1) is 23.5 Å². The molecule has 0 saturated carbocycles. The third-order valence-corrected chi connectivity index (χ3v) is 6.81. The monoisotopic (exact) mass is 572 g/mol. The van der Waals surface area contributed by atoms with Gasteiger partial charge in [0.1, 0.15) is 17.7 Å². The van der Waals surface area contributed by atoms with Crippen LogP contribution >= 0.6 is 11.3 Å². The molecular formula is C28H29FN10OS. The normalized spacial score (nSPS) is 11.2. The Balaban J connectivity index is 1.36. The molecule has 210 valence electrons. The maximum Gasteiger partial charge on any atom is 0.323 e. The highest BCUT2D eigenvalue weighted by molar-refractivity contribution is 7.19. The van der Waals surface area contributed by atoms with Gasteiger partial charge in [0.25, 0.3) is 0 Å². The molecule has 41 heavy (non-hydrogen) atoms. The van der Waals surface area contributed by atoms with Crippen molar-refractivity contribution in [3.8, 4) is 12.1 Å². The molecule has 13 heteroatoms. The Morgan fingerprint density at radius 1 is 0.854 bits per heavy atom. The van der Waals surface area contributed by atoms with Gasteiger partial charge in [-0.3, -0.25) is 0 Å². The van der Waals surface area contributed by atoms with Crippen molar-refractivity contribution in [2.24, 2.45) is 20.5 Å². The summed E-state index contributed by atoms with van der Waals surface area (Å²) < 4.78 is 19.6. The Morgan fingerprint density at radius 3 is 2.22 bits per heavy atom. The topological polar surface area (TPSA) is 128 Å². The lowest BCUT2D eigenvalue weighted by Gasteiger charge is -2.23. The molecule has 2 aromatic carbocycles. The van der Waals surface area contributed by atoms with Crippen LogP contribution in [-0.2, 0) is 0 Å². The van der Waals surface area contributed by atoms with E-state index in [1.807, 2.05) is 80.3 Å². The van der Waals surface area contributed by atoms with Crippen LogP contribution in [0.15, 0.2) is 81.1 Å². The molecule has 0 bridgehead atoms. The summed E-state index contributed by atoms with van der Waals surface area (Å²) in [5.41, 5.74) is 2.70. The Kier molecular flexibility index (Phi) is 10.3. The lowest BCUT2D eigenvalue weighted by molar-refractivity contribution is 0.290. The molecule has 0 spiro atoms. The van der Waals surface area contributed by atoms with Crippen LogP contribution in [0.1, 0.15) is 26.3 Å². The molecule has 0 atom stereocenters. The van der Waals surface area contributed by atoms with Crippen LogP contribution in [0.4, 0.5) is 37.4 Å². The first kappa shape index (κ1) is 29.2. The summed E-state index contributed by atoms with van der Waals surface area (Å²) >= 11 is 1.24. The number of thiophene rings is 1. The summed E-state index contributed by atoms with van der Waals surface area (Å²) in [5.74, 6) is 0.256. The van der Waals surface area contributed by atoms with Crippen LogP contribution in [0.2, 0.25) is 0 Å². The lowest BCUT2D eigenvalue weighted by Crippen LogP contribution is -2.29. The van der Waals surface area contributed by atoms with Crippen LogP contribution in [0, 0.1) is 17.4 Å². The highest BCUT2D eigenvalue weighted by Crippen LogP contribution is 2.37. The summed E-state index contributed by atoms with van der Waals surface area (Å²) in [6.45, 7) is 8.73. The van der Waals surface area contributed by atoms with Crippen LogP contribution in [-0.4, -0.2) is 47.7 Å². The highest BCUT2D eigenvalue weighted by atomic mass is 32.1. The van der Waals surface area contributed by atoms with E-state index in [0.29, 0.717) is 40.9 Å². The van der Waals surface area contributed by atoms with E-state index in [4.69, 9.17) is 4.74 Å². The molecular weight excluding hydrogens is 543 g/mol. The molecule has 0 aliphatic rings. The van der Waals surface area contributed by atoms with Gasteiger partial charge in [-0.2, -0.15) is 19.6 Å². The van der Waals surface area contributed by atoms with Crippen LogP contribution in [0.5, 0.6) is 6.01 Å². The van der Waals surface area contributed by atoms with Crippen molar-refractivity contribution in [1.82, 2.24) is 15.0 Å². The Morgan fingerprint density at radius 2 is 1.54 bits per heavy atom. The third-order valence-electron chi connectivity index (χ3n) is 5.91. The molecule has 0 fully saturated rings. The fraction of sp³-hybridized carbons (Fsp3) is 0.286. The molecule has 2 aromatic heterocycles. The number of halogens is 1. The zero-order valence-corrected chi connectivity index (χ0v) is 23.8. The minimum atomic E-state index is -0.869. The number of nitrogens with zero attached hydrogens (tertiary/aromatic N) is 10. The SMILES string of the molecule is CCN(CCOc1nc(F)nc(N(CC)CC)n1)c1ccc(N=Nc2sc(N=Nc3ccccc3)cc2C#N)cc1. The van der Waals surface area contributed by atoms with Crippen molar-refractivity contribution in [3.05, 3.63) is 72.3 Å². The van der Waals surface area contributed by atoms with E-state index in [1.54, 1.807) is 6.07 Å². The standard InChI is InChI=1S/C28H29FN10OS/c1-4-38(5-2)27-31-26(29)32-28(33-27)40-17-16-39(6-3)23-14-12-22(13-15-23)35-37-25-20(19-30)18-24(41-25)36-34-21-10-8-7-9-11-21/h7-15,18H,4-6,16-17H2,1-3H3. The summed E-state index contributed by atoms with van der Waals surface area (Å²) in [7, 11) is 0. The molecule has 0 aliphatic heterocycles. The van der Waals surface area contributed by atoms with Gasteiger partial charge in [-0.1, -0.05) is 29.5 Å². The number of aromatic nitrogens is 3. The largest absolute Gasteiger partial charge is 0.461 e. The van der Waals surface area contributed by atoms with Crippen LogP contribution in [0.25, 0.3) is 0 Å². The third kappa shape index (κ3) is 8.09. The average molecular weight is 573 g/mol. The number of ether oxygens (including phenoxy) is 1. The lowest BCUT2D eigenvalue weighted by atomic mass is 10.2. The molecule has 11 nitrogen and oxygen atoms in total. The van der Waals surface area contributed by atoms with Crippen molar-refractivity contribution in [1.29, 1.82) is 5.26 Å². The van der Waals surface area contributed by atoms with Gasteiger partial charge in [-0.05, 0) is 63.2 Å². The smallest absolute Gasteiger partial charge is 0.323 e. The van der Waals surface area contributed by atoms with Gasteiger partial charge in [0, 0.05) is 25.3 Å². The van der Waals surface area contributed by atoms with Gasteiger partial charge in [-0.15, -0.1) is 25.4 Å². The van der Waals surface area contributed by atoms with Crippen molar-refractivity contribution in [2.45, 2.75) is 20.8 Å². The molecule has 4 rings (SSSR count). The maximum atomic E-state index is 13.9. The van der Waals surface area contributed by atoms with E-state index < -0.39 is 6.08 Å². The van der Waals surface area contributed by atoms with Crippen molar-refractivity contribution in [2.75, 3.05) is 42.6 Å². The molecule has 0 N–H and O–H groups in total. The number of nitriles is 1. The number of azo groups is 2. The molecule has 0 unspecified atom stereocenters. The number of hydrogen-bond donors (Lipinski definition) is 0. The average Bonchev–Trinajstić information content (AvgIpc) is 3.41. The second-order valence-electron chi connectivity index (χ2n) is 8.45. The molecule has 4 aromatic rings. The Hall–Kier alpha value is -4.83. The number of hydrogen-bond acceptors (Lipinski definition) is 12. The molecule has 0 amide bonds. The number of rotatable bonds is 13. The quantitative estimate of drug-likeness (QED) is 0.151. The van der Waals surface area contributed by atoms with E-state index >= 15 is 0 Å². The van der Waals surface area contributed by atoms with E-state index in [0.717, 1.165) is 17.9 Å². The Labute approximate surface area is 241 Å². The van der Waals surface area contributed by atoms with Crippen LogP contribution in [0.3, 0.4) is 0 Å². The minimum absolute atomic E-state index is 0.0405. The second kappa shape index (κ2) is 14.5. The first-order valence-electron chi connectivity index (χ1n) is 13.1. The predicted octanol–water partition coefficient (Wildman–Crippen LogP) is 7.53. The summed E-state index contributed by atoms with van der Waals surface area (Å²) in [6.07, 6.45) is -0.869. The van der Waals surface area contributed by atoms with E-state index in [2.05, 4.69) is 46.4 Å². The maximum absolute atomic E-state index is 13.9. The first-order chi connectivity index (χ1) is 20.0. The summed E-state index contributed by atoms with van der Waals surface area (Å²) in [4.78, 5) is 15.6. The fourth-order valence-electron chi connectivity index (χ4n) is 3.76. The molecule has 2 heterocycles. The van der Waals surface area contributed by atoms with Crippen molar-refractivity contribution >= 4 is 44.3 Å². The molecule has 0 aliphatic carbocycles. The number of benzene rings is 2. The fourth-order valence-corrected chi connectivity index (χ4v) is 4.51. The van der Waals surface area contributed by atoms with E-state index in [-0.39, 0.29) is 18.6 Å². The first-order valence-corrected chi connectivity index (χ1v) is 13.9. The second-order valence-corrected chi connectivity index (χ2v) is 9.46. The molecule has 0 radical (unpaired) electrons. The van der Waals surface area contributed by atoms with E-state index in [9.17, 15) is 9.65 Å². The Bertz CT molecular complexity index is 1520. The van der Waals surface area contributed by atoms with Gasteiger partial charge >= 0.3 is 12.1 Å². The van der Waals surface area contributed by atoms with Gasteiger partial charge < -0.3 is 14.5 Å². The molecule has 0 saturated heterocycles. The predicted molar refractivity (Wildman–Crippen MR) is 157 cm³/mol. The van der Waals surface area contributed by atoms with Crippen molar-refractivity contribution < 1.29 is 9.13 Å². The van der Waals surface area contributed by atoms with Crippen molar-refractivity contribution in [3.63, 3.8) is 0 Å². The van der Waals surface area contributed by atoms with E-state index in [1.165, 1.54) is 11.3 Å². The zero-order valence-electron chi connectivity index (χ0n) is 23.0. The number of anilines is 2. The van der Waals surface area contributed by atoms with Gasteiger partial charge in [-0.25, -0.2) is 0 Å². The van der Waals surface area contributed by atoms with Gasteiger partial charge in [0.2, 0.25) is 5.95 Å². The van der Waals surface area contributed by atoms with Crippen LogP contribution < -0.4 is 14.5 Å². The van der Waals surface area contributed by atoms with Gasteiger partial charge in [0.15, 0.2) is 5.00 Å². The summed E-state index contributed by atoms with van der Waals surface area (Å²) in [6, 6.07) is 20.6. The number of likely N-dealkylation sites (N-methyl/N-ethyl adjacent to an activating group) is 1.